The predicted octanol–water partition coefficient (Wildman–Crippen LogP) is 2.16. The van der Waals surface area contributed by atoms with Gasteiger partial charge in [-0.1, -0.05) is 0 Å². The first kappa shape index (κ1) is 23.6. The van der Waals surface area contributed by atoms with Crippen molar-refractivity contribution in [3.63, 3.8) is 0 Å². The molecule has 0 aliphatic carbocycles. The van der Waals surface area contributed by atoms with E-state index < -0.39 is 16.1 Å². The third-order valence-electron chi connectivity index (χ3n) is 6.84. The van der Waals surface area contributed by atoms with Crippen LogP contribution in [0.1, 0.15) is 30.1 Å². The summed E-state index contributed by atoms with van der Waals surface area (Å²) in [5, 5.41) is 0. The summed E-state index contributed by atoms with van der Waals surface area (Å²) in [7, 11) is -3.86. The van der Waals surface area contributed by atoms with Crippen LogP contribution in [0.4, 0.5) is 5.69 Å². The Labute approximate surface area is 205 Å². The number of nitrogens with zero attached hydrogens (tertiary/aromatic N) is 3. The average Bonchev–Trinajstić information content (AvgIpc) is 3.39. The van der Waals surface area contributed by atoms with Crippen LogP contribution >= 0.6 is 0 Å². The molecule has 3 heterocycles. The molecule has 0 N–H and O–H groups in total. The smallest absolute Gasteiger partial charge is 0.243 e. The van der Waals surface area contributed by atoms with Crippen molar-refractivity contribution in [2.75, 3.05) is 50.8 Å². The van der Waals surface area contributed by atoms with Crippen molar-refractivity contribution in [1.29, 1.82) is 0 Å². The van der Waals surface area contributed by atoms with Crippen LogP contribution in [-0.4, -0.2) is 81.3 Å². The van der Waals surface area contributed by atoms with Crippen molar-refractivity contribution in [1.82, 2.24) is 9.21 Å². The van der Waals surface area contributed by atoms with Crippen molar-refractivity contribution in [2.24, 2.45) is 0 Å². The summed E-state index contributed by atoms with van der Waals surface area (Å²) in [6, 6.07) is 11.4. The Kier molecular flexibility index (Phi) is 6.41. The van der Waals surface area contributed by atoms with Gasteiger partial charge in [-0.15, -0.1) is 0 Å². The highest BCUT2D eigenvalue weighted by Crippen LogP contribution is 2.35. The normalized spacial score (nSPS) is 20.7. The first-order valence-electron chi connectivity index (χ1n) is 11.9. The van der Waals surface area contributed by atoms with E-state index in [9.17, 15) is 18.0 Å². The zero-order valence-corrected chi connectivity index (χ0v) is 20.5. The third-order valence-corrected chi connectivity index (χ3v) is 8.74. The van der Waals surface area contributed by atoms with Crippen LogP contribution in [0.15, 0.2) is 47.4 Å². The summed E-state index contributed by atoms with van der Waals surface area (Å²) >= 11 is 0. The Morgan fingerprint density at radius 1 is 0.886 bits per heavy atom. The van der Waals surface area contributed by atoms with E-state index in [1.807, 2.05) is 24.3 Å². The van der Waals surface area contributed by atoms with Gasteiger partial charge < -0.3 is 19.3 Å². The topological polar surface area (TPSA) is 96.5 Å². The molecular formula is C25H29N3O6S. The monoisotopic (exact) mass is 499 g/mol. The second kappa shape index (κ2) is 9.50. The van der Waals surface area contributed by atoms with Gasteiger partial charge in [0.1, 0.15) is 19.3 Å². The number of ether oxygens (including phenoxy) is 2. The van der Waals surface area contributed by atoms with Crippen LogP contribution in [-0.2, 0) is 14.8 Å². The number of fused-ring (bicyclic) bond motifs is 1. The molecule has 0 spiro atoms. The third kappa shape index (κ3) is 4.60. The summed E-state index contributed by atoms with van der Waals surface area (Å²) in [6.45, 7) is 4.98. The molecule has 1 amide bonds. The van der Waals surface area contributed by atoms with Gasteiger partial charge in [0.05, 0.1) is 4.90 Å². The summed E-state index contributed by atoms with van der Waals surface area (Å²) in [5.74, 6) is 0.819. The number of amides is 1. The fourth-order valence-corrected chi connectivity index (χ4v) is 6.56. The molecule has 0 saturated carbocycles. The van der Waals surface area contributed by atoms with Crippen molar-refractivity contribution in [3.05, 3.63) is 48.0 Å². The summed E-state index contributed by atoms with van der Waals surface area (Å²) < 4.78 is 39.3. The molecule has 186 valence electrons. The number of benzene rings is 2. The predicted molar refractivity (Wildman–Crippen MR) is 130 cm³/mol. The van der Waals surface area contributed by atoms with Gasteiger partial charge in [0, 0.05) is 50.0 Å². The van der Waals surface area contributed by atoms with Crippen LogP contribution < -0.4 is 14.4 Å². The fourth-order valence-electron chi connectivity index (χ4n) is 4.90. The molecule has 2 saturated heterocycles. The van der Waals surface area contributed by atoms with E-state index in [1.165, 1.54) is 16.4 Å². The summed E-state index contributed by atoms with van der Waals surface area (Å²) in [6.07, 6.45) is 1.15. The summed E-state index contributed by atoms with van der Waals surface area (Å²) in [4.78, 5) is 29.0. The van der Waals surface area contributed by atoms with Gasteiger partial charge in [0.2, 0.25) is 15.9 Å². The maximum Gasteiger partial charge on any atom is 0.243 e. The Hall–Kier alpha value is -3.11. The highest BCUT2D eigenvalue weighted by atomic mass is 32.2. The molecule has 3 aliphatic rings. The number of anilines is 1. The number of piperazine rings is 1. The molecule has 9 nitrogen and oxygen atoms in total. The molecule has 0 radical (unpaired) electrons. The van der Waals surface area contributed by atoms with Gasteiger partial charge in [0.15, 0.2) is 17.3 Å². The van der Waals surface area contributed by atoms with Crippen LogP contribution in [0.3, 0.4) is 0 Å². The molecule has 1 unspecified atom stereocenters. The van der Waals surface area contributed by atoms with Crippen LogP contribution in [0.2, 0.25) is 0 Å². The second-order valence-electron chi connectivity index (χ2n) is 8.99. The first-order valence-corrected chi connectivity index (χ1v) is 13.3. The van der Waals surface area contributed by atoms with Gasteiger partial charge >= 0.3 is 0 Å². The minimum absolute atomic E-state index is 0.0271. The molecule has 10 heteroatoms. The lowest BCUT2D eigenvalue weighted by Crippen LogP contribution is -2.54. The average molecular weight is 500 g/mol. The summed E-state index contributed by atoms with van der Waals surface area (Å²) in [5.41, 5.74) is 1.67. The van der Waals surface area contributed by atoms with E-state index in [0.29, 0.717) is 75.8 Å². The Bertz CT molecular complexity index is 1220. The van der Waals surface area contributed by atoms with E-state index in [0.717, 1.165) is 5.69 Å². The van der Waals surface area contributed by atoms with Crippen molar-refractivity contribution in [2.45, 2.75) is 30.7 Å². The standard InChI is InChI=1S/C25H29N3O6S/c1-18(29)19-4-6-20(7-5-19)26-11-13-27(14-12-26)25(30)22-3-2-10-28(22)35(31,32)21-8-9-23-24(17-21)34-16-15-33-23/h4-9,17,22H,2-3,10-16H2,1H3. The fraction of sp³-hybridized carbons (Fsp3) is 0.440. The van der Waals surface area contributed by atoms with Gasteiger partial charge in [-0.2, -0.15) is 4.31 Å². The largest absolute Gasteiger partial charge is 0.486 e. The molecule has 2 fully saturated rings. The molecule has 5 rings (SSSR count). The molecule has 0 bridgehead atoms. The van der Waals surface area contributed by atoms with Crippen molar-refractivity contribution in [3.8, 4) is 11.5 Å². The quantitative estimate of drug-likeness (QED) is 0.582. The number of hydrogen-bond acceptors (Lipinski definition) is 7. The van der Waals surface area contributed by atoms with Gasteiger partial charge in [-0.3, -0.25) is 9.59 Å². The maximum atomic E-state index is 13.5. The maximum absolute atomic E-state index is 13.5. The Morgan fingerprint density at radius 2 is 1.57 bits per heavy atom. The highest BCUT2D eigenvalue weighted by Gasteiger charge is 2.42. The lowest BCUT2D eigenvalue weighted by molar-refractivity contribution is -0.134. The lowest BCUT2D eigenvalue weighted by atomic mass is 10.1. The Morgan fingerprint density at radius 3 is 2.26 bits per heavy atom. The van der Waals surface area contributed by atoms with Gasteiger partial charge in [-0.05, 0) is 56.2 Å². The first-order chi connectivity index (χ1) is 16.8. The number of ketones is 1. The molecule has 2 aromatic carbocycles. The van der Waals surface area contributed by atoms with E-state index >= 15 is 0 Å². The van der Waals surface area contributed by atoms with Gasteiger partial charge in [-0.25, -0.2) is 8.42 Å². The number of sulfonamides is 1. The molecule has 0 aromatic heterocycles. The molecule has 3 aliphatic heterocycles. The lowest BCUT2D eigenvalue weighted by Gasteiger charge is -2.38. The van der Waals surface area contributed by atoms with E-state index in [4.69, 9.17) is 9.47 Å². The zero-order chi connectivity index (χ0) is 24.6. The number of carbonyl (C=O) groups is 2. The van der Waals surface area contributed by atoms with E-state index in [-0.39, 0.29) is 16.6 Å². The molecular weight excluding hydrogens is 470 g/mol. The SMILES string of the molecule is CC(=O)c1ccc(N2CCN(C(=O)C3CCCN3S(=O)(=O)c3ccc4c(c3)OCCO4)CC2)cc1. The second-order valence-corrected chi connectivity index (χ2v) is 10.9. The zero-order valence-electron chi connectivity index (χ0n) is 19.7. The van der Waals surface area contributed by atoms with E-state index in [1.54, 1.807) is 17.9 Å². The number of Topliss-reactive ketones (excluding diaryl/α,β-unsaturated/α-hetero) is 1. The highest BCUT2D eigenvalue weighted by molar-refractivity contribution is 7.89. The van der Waals surface area contributed by atoms with E-state index in [2.05, 4.69) is 4.90 Å². The Balaban J connectivity index is 1.26. The van der Waals surface area contributed by atoms with Crippen molar-refractivity contribution >= 4 is 27.4 Å². The molecule has 35 heavy (non-hydrogen) atoms. The minimum atomic E-state index is -3.86. The minimum Gasteiger partial charge on any atom is -0.486 e. The van der Waals surface area contributed by atoms with Crippen molar-refractivity contribution < 1.29 is 27.5 Å². The van der Waals surface area contributed by atoms with Crippen LogP contribution in [0.25, 0.3) is 0 Å². The number of rotatable bonds is 5. The van der Waals surface area contributed by atoms with Crippen LogP contribution in [0, 0.1) is 0 Å². The van der Waals surface area contributed by atoms with Gasteiger partial charge in [0.25, 0.3) is 0 Å². The molecule has 1 atom stereocenters. The van der Waals surface area contributed by atoms with Crippen LogP contribution in [0.5, 0.6) is 11.5 Å². The number of carbonyl (C=O) groups excluding carboxylic acids is 2. The number of hydrogen-bond donors (Lipinski definition) is 0. The molecule has 2 aromatic rings.